The number of fused-ring (bicyclic) bond motifs is 1. The lowest BCUT2D eigenvalue weighted by atomic mass is 10.0. The number of carbonyl (C=O) groups is 1. The van der Waals surface area contributed by atoms with Crippen LogP contribution in [0.2, 0.25) is 5.02 Å². The molecule has 5 aromatic rings. The average Bonchev–Trinajstić information content (AvgIpc) is 2.89. The third-order valence-corrected chi connectivity index (χ3v) is 6.29. The minimum atomic E-state index is -0.372. The molecule has 0 aliphatic carbocycles. The number of carbonyl (C=O) groups excluding carboxylic acids is 1. The number of nitrogen functional groups attached to an aromatic ring is 1. The van der Waals surface area contributed by atoms with Crippen LogP contribution >= 0.6 is 11.6 Å². The van der Waals surface area contributed by atoms with E-state index < -0.39 is 0 Å². The number of pyridine rings is 1. The van der Waals surface area contributed by atoms with Crippen molar-refractivity contribution in [3.63, 3.8) is 0 Å². The van der Waals surface area contributed by atoms with Crippen LogP contribution in [0.4, 0.5) is 11.8 Å². The molecule has 1 atom stereocenters. The van der Waals surface area contributed by atoms with Crippen LogP contribution in [0.15, 0.2) is 89.9 Å². The van der Waals surface area contributed by atoms with Gasteiger partial charge in [-0.15, -0.1) is 0 Å². The van der Waals surface area contributed by atoms with E-state index in [2.05, 4.69) is 15.3 Å². The molecule has 5 rings (SSSR count). The quantitative estimate of drug-likeness (QED) is 0.294. The second-order valence-electron chi connectivity index (χ2n) is 8.35. The minimum absolute atomic E-state index is 0.103. The zero-order chi connectivity index (χ0) is 25.2. The summed E-state index contributed by atoms with van der Waals surface area (Å²) in [5.74, 6) is 0.585. The van der Waals surface area contributed by atoms with E-state index in [9.17, 15) is 9.59 Å². The molecule has 0 spiro atoms. The summed E-state index contributed by atoms with van der Waals surface area (Å²) in [4.78, 5) is 33.6. The number of halogens is 1. The predicted molar refractivity (Wildman–Crippen MR) is 144 cm³/mol. The summed E-state index contributed by atoms with van der Waals surface area (Å²) < 4.78 is 1.66. The van der Waals surface area contributed by atoms with Crippen molar-refractivity contribution in [2.45, 2.75) is 13.0 Å². The molecular weight excluding hydrogens is 474 g/mol. The Hall–Kier alpha value is -4.49. The number of nitrogens with one attached hydrogen (secondary N) is 1. The smallest absolute Gasteiger partial charge is 0.264 e. The van der Waals surface area contributed by atoms with Crippen molar-refractivity contribution in [2.75, 3.05) is 11.1 Å². The fourth-order valence-electron chi connectivity index (χ4n) is 4.28. The van der Waals surface area contributed by atoms with E-state index in [-0.39, 0.29) is 17.5 Å². The number of aromatic nitrogens is 3. The molecule has 7 nitrogen and oxygen atoms in total. The number of para-hydroxylation sites is 1. The van der Waals surface area contributed by atoms with Gasteiger partial charge in [-0.1, -0.05) is 60.1 Å². The van der Waals surface area contributed by atoms with Crippen molar-refractivity contribution in [3.05, 3.63) is 112 Å². The van der Waals surface area contributed by atoms with Gasteiger partial charge in [-0.3, -0.25) is 14.2 Å². The SMILES string of the molecule is CC(Nc1nc(N)ncc1-c1cccc(C=O)c1)c1cc2cccc(Cl)c2c(=O)n1-c1ccccc1. The first-order chi connectivity index (χ1) is 17.5. The molecule has 0 saturated heterocycles. The second-order valence-corrected chi connectivity index (χ2v) is 8.76. The largest absolute Gasteiger partial charge is 0.368 e. The number of rotatable bonds is 6. The van der Waals surface area contributed by atoms with Crippen molar-refractivity contribution in [1.29, 1.82) is 0 Å². The zero-order valence-corrected chi connectivity index (χ0v) is 20.1. The maximum Gasteiger partial charge on any atom is 0.264 e. The Labute approximate surface area is 212 Å². The Balaban J connectivity index is 1.67. The van der Waals surface area contributed by atoms with E-state index in [0.29, 0.717) is 38.7 Å². The second kappa shape index (κ2) is 9.64. The van der Waals surface area contributed by atoms with Crippen LogP contribution in [-0.2, 0) is 0 Å². The summed E-state index contributed by atoms with van der Waals surface area (Å²) in [7, 11) is 0. The number of benzene rings is 3. The first kappa shape index (κ1) is 23.3. The molecule has 3 aromatic carbocycles. The molecule has 0 radical (unpaired) electrons. The van der Waals surface area contributed by atoms with Gasteiger partial charge < -0.3 is 11.1 Å². The van der Waals surface area contributed by atoms with Crippen LogP contribution in [0.5, 0.6) is 0 Å². The summed E-state index contributed by atoms with van der Waals surface area (Å²) in [6.45, 7) is 1.94. The fraction of sp³-hybridized carbons (Fsp3) is 0.0714. The van der Waals surface area contributed by atoms with Gasteiger partial charge >= 0.3 is 0 Å². The molecule has 0 aliphatic heterocycles. The third-order valence-electron chi connectivity index (χ3n) is 5.98. The van der Waals surface area contributed by atoms with Crippen molar-refractivity contribution >= 4 is 40.4 Å². The summed E-state index contributed by atoms with van der Waals surface area (Å²) in [5, 5.41) is 5.00. The molecule has 0 amide bonds. The number of hydrogen-bond donors (Lipinski definition) is 2. The number of nitrogens with zero attached hydrogens (tertiary/aromatic N) is 3. The Morgan fingerprint density at radius 2 is 1.81 bits per heavy atom. The zero-order valence-electron chi connectivity index (χ0n) is 19.4. The van der Waals surface area contributed by atoms with Gasteiger partial charge in [0, 0.05) is 28.7 Å². The van der Waals surface area contributed by atoms with Crippen LogP contribution in [-0.4, -0.2) is 20.8 Å². The lowest BCUT2D eigenvalue weighted by molar-refractivity contribution is 0.112. The van der Waals surface area contributed by atoms with Crippen LogP contribution in [0.25, 0.3) is 27.6 Å². The molecule has 0 fully saturated rings. The minimum Gasteiger partial charge on any atom is -0.368 e. The number of anilines is 2. The molecule has 0 aliphatic rings. The highest BCUT2D eigenvalue weighted by molar-refractivity contribution is 6.35. The maximum absolute atomic E-state index is 13.7. The van der Waals surface area contributed by atoms with E-state index >= 15 is 0 Å². The van der Waals surface area contributed by atoms with Gasteiger partial charge in [0.25, 0.3) is 5.56 Å². The highest BCUT2D eigenvalue weighted by atomic mass is 35.5. The predicted octanol–water partition coefficient (Wildman–Crippen LogP) is 5.67. The van der Waals surface area contributed by atoms with Crippen LogP contribution in [0, 0.1) is 0 Å². The van der Waals surface area contributed by atoms with E-state index in [0.717, 1.165) is 17.2 Å². The van der Waals surface area contributed by atoms with Crippen LogP contribution in [0.1, 0.15) is 29.0 Å². The Morgan fingerprint density at radius 1 is 1.03 bits per heavy atom. The topological polar surface area (TPSA) is 103 Å². The Morgan fingerprint density at radius 3 is 2.58 bits per heavy atom. The highest BCUT2D eigenvalue weighted by Gasteiger charge is 2.20. The van der Waals surface area contributed by atoms with Gasteiger partial charge in [0.15, 0.2) is 0 Å². The van der Waals surface area contributed by atoms with Crippen molar-refractivity contribution in [1.82, 2.24) is 14.5 Å². The summed E-state index contributed by atoms with van der Waals surface area (Å²) in [5.41, 5.74) is 9.12. The monoisotopic (exact) mass is 495 g/mol. The van der Waals surface area contributed by atoms with E-state index in [4.69, 9.17) is 17.3 Å². The average molecular weight is 496 g/mol. The van der Waals surface area contributed by atoms with Gasteiger partial charge in [0.1, 0.15) is 12.1 Å². The molecule has 0 bridgehead atoms. The number of aldehydes is 1. The van der Waals surface area contributed by atoms with Gasteiger partial charge in [-0.05, 0) is 48.2 Å². The van der Waals surface area contributed by atoms with Gasteiger partial charge in [0.05, 0.1) is 16.5 Å². The summed E-state index contributed by atoms with van der Waals surface area (Å²) >= 11 is 6.43. The lowest BCUT2D eigenvalue weighted by Crippen LogP contribution is -2.26. The Kier molecular flexibility index (Phi) is 6.23. The first-order valence-corrected chi connectivity index (χ1v) is 11.7. The molecular formula is C28H22ClN5O2. The van der Waals surface area contributed by atoms with Gasteiger partial charge in [-0.25, -0.2) is 4.98 Å². The van der Waals surface area contributed by atoms with Gasteiger partial charge in [0.2, 0.25) is 5.95 Å². The highest BCUT2D eigenvalue weighted by Crippen LogP contribution is 2.31. The molecule has 36 heavy (non-hydrogen) atoms. The summed E-state index contributed by atoms with van der Waals surface area (Å²) in [6.07, 6.45) is 2.40. The van der Waals surface area contributed by atoms with Gasteiger partial charge in [-0.2, -0.15) is 4.98 Å². The van der Waals surface area contributed by atoms with Crippen molar-refractivity contribution in [3.8, 4) is 16.8 Å². The maximum atomic E-state index is 13.7. The standard InChI is InChI=1S/C28H22ClN5O2/c1-17(32-26-22(15-31-28(30)33-26)19-8-5-7-18(13-19)16-35)24-14-20-9-6-12-23(29)25(20)27(36)34(24)21-10-3-2-4-11-21/h2-17H,1H3,(H3,30,31,32,33). The molecule has 2 aromatic heterocycles. The van der Waals surface area contributed by atoms with E-state index in [1.165, 1.54) is 0 Å². The molecule has 0 saturated carbocycles. The van der Waals surface area contributed by atoms with E-state index in [1.807, 2.05) is 61.5 Å². The number of nitrogens with two attached hydrogens (primary N) is 1. The lowest BCUT2D eigenvalue weighted by Gasteiger charge is -2.22. The molecule has 3 N–H and O–H groups in total. The molecule has 8 heteroatoms. The normalized spacial score (nSPS) is 11.8. The van der Waals surface area contributed by atoms with Crippen molar-refractivity contribution < 1.29 is 4.79 Å². The summed E-state index contributed by atoms with van der Waals surface area (Å²) in [6, 6.07) is 23.5. The molecule has 2 heterocycles. The van der Waals surface area contributed by atoms with E-state index in [1.54, 1.807) is 35.0 Å². The molecule has 178 valence electrons. The molecule has 1 unspecified atom stereocenters. The van der Waals surface area contributed by atoms with Crippen LogP contribution < -0.4 is 16.6 Å². The first-order valence-electron chi connectivity index (χ1n) is 11.3. The number of hydrogen-bond acceptors (Lipinski definition) is 6. The fourth-order valence-corrected chi connectivity index (χ4v) is 4.54. The Bertz CT molecular complexity index is 1650. The van der Waals surface area contributed by atoms with Crippen molar-refractivity contribution in [2.24, 2.45) is 0 Å². The third kappa shape index (κ3) is 4.32. The van der Waals surface area contributed by atoms with Crippen LogP contribution in [0.3, 0.4) is 0 Å².